The van der Waals surface area contributed by atoms with E-state index in [0.717, 1.165) is 22.2 Å². The maximum absolute atomic E-state index is 9.15. The lowest BCUT2D eigenvalue weighted by Gasteiger charge is -1.97. The van der Waals surface area contributed by atoms with Crippen LogP contribution in [0.3, 0.4) is 0 Å². The van der Waals surface area contributed by atoms with Crippen LogP contribution in [0.5, 0.6) is 0 Å². The van der Waals surface area contributed by atoms with Gasteiger partial charge in [0.1, 0.15) is 12.1 Å². The van der Waals surface area contributed by atoms with E-state index in [9.17, 15) is 0 Å². The summed E-state index contributed by atoms with van der Waals surface area (Å²) in [6.45, 7) is 1.83. The summed E-state index contributed by atoms with van der Waals surface area (Å²) in [6.07, 6.45) is 6.26. The molecule has 0 saturated carbocycles. The zero-order chi connectivity index (χ0) is 16.2. The largest absolute Gasteiger partial charge is 0.361 e. The van der Waals surface area contributed by atoms with Gasteiger partial charge in [0.2, 0.25) is 0 Å². The van der Waals surface area contributed by atoms with Gasteiger partial charge in [0.15, 0.2) is 11.4 Å². The number of allylic oxidation sites excluding steroid dienone is 3. The van der Waals surface area contributed by atoms with E-state index < -0.39 is 0 Å². The minimum Gasteiger partial charge on any atom is -0.361 e. The van der Waals surface area contributed by atoms with Crippen LogP contribution >= 0.6 is 0 Å². The number of nitriles is 2. The molecule has 0 radical (unpaired) electrons. The number of aromatic nitrogens is 1. The maximum atomic E-state index is 9.15. The Morgan fingerprint density at radius 1 is 1.09 bits per heavy atom. The number of fused-ring (bicyclic) bond motifs is 1. The van der Waals surface area contributed by atoms with Gasteiger partial charge in [0.25, 0.3) is 0 Å². The first-order valence-corrected chi connectivity index (χ1v) is 7.11. The second kappa shape index (κ2) is 6.13. The number of hydrogen-bond donors (Lipinski definition) is 1. The van der Waals surface area contributed by atoms with Gasteiger partial charge in [-0.15, -0.1) is 0 Å². The average molecular weight is 299 g/mol. The lowest BCUT2D eigenvalue weighted by molar-refractivity contribution is 1.27. The highest BCUT2D eigenvalue weighted by molar-refractivity contribution is 6.12. The highest BCUT2D eigenvalue weighted by Crippen LogP contribution is 2.20. The van der Waals surface area contributed by atoms with Crippen LogP contribution in [0.25, 0.3) is 17.0 Å². The molecular weight excluding hydrogens is 286 g/mol. The van der Waals surface area contributed by atoms with Crippen LogP contribution in [-0.2, 0) is 0 Å². The quantitative estimate of drug-likeness (QED) is 0.915. The molecule has 0 saturated heterocycles. The number of rotatable bonds is 2. The molecule has 1 aliphatic heterocycles. The van der Waals surface area contributed by atoms with E-state index in [4.69, 9.17) is 10.5 Å². The van der Waals surface area contributed by atoms with Crippen molar-refractivity contribution >= 4 is 28.4 Å². The summed E-state index contributed by atoms with van der Waals surface area (Å²) in [5.74, 6) is 0. The summed E-state index contributed by atoms with van der Waals surface area (Å²) in [6, 6.07) is 11.9. The van der Waals surface area contributed by atoms with Crippen molar-refractivity contribution in [1.29, 1.82) is 10.5 Å². The van der Waals surface area contributed by atoms with Crippen LogP contribution in [0, 0.1) is 22.7 Å². The predicted octanol–water partition coefficient (Wildman–Crippen LogP) is 3.75. The molecule has 0 fully saturated rings. The number of para-hydroxylation sites is 1. The van der Waals surface area contributed by atoms with E-state index in [2.05, 4.69) is 15.0 Å². The van der Waals surface area contributed by atoms with Gasteiger partial charge in [-0.25, -0.2) is 9.98 Å². The Kier molecular flexibility index (Phi) is 3.86. The zero-order valence-corrected chi connectivity index (χ0v) is 12.5. The molecule has 3 rings (SSSR count). The molecule has 23 heavy (non-hydrogen) atoms. The van der Waals surface area contributed by atoms with E-state index in [-0.39, 0.29) is 11.4 Å². The van der Waals surface area contributed by atoms with E-state index in [1.807, 2.05) is 61.7 Å². The first-order valence-electron chi connectivity index (χ1n) is 7.11. The molecule has 1 aliphatic rings. The van der Waals surface area contributed by atoms with E-state index in [0.29, 0.717) is 12.1 Å². The molecule has 0 bridgehead atoms. The van der Waals surface area contributed by atoms with Crippen molar-refractivity contribution in [3.05, 3.63) is 53.5 Å². The summed E-state index contributed by atoms with van der Waals surface area (Å²) in [5, 5.41) is 19.3. The highest BCUT2D eigenvalue weighted by atomic mass is 14.9. The number of nitrogens with zero attached hydrogens (tertiary/aromatic N) is 4. The summed E-state index contributed by atoms with van der Waals surface area (Å²) < 4.78 is 0. The highest BCUT2D eigenvalue weighted by Gasteiger charge is 2.12. The zero-order valence-electron chi connectivity index (χ0n) is 12.5. The first kappa shape index (κ1) is 14.5. The SMILES string of the molecule is CC1=NC(C#N)=C(C#N)N=C(C=Cc2c[nH]c3ccccc23)C1. The number of benzene rings is 1. The lowest BCUT2D eigenvalue weighted by atomic mass is 10.1. The molecule has 0 unspecified atom stereocenters. The molecule has 5 nitrogen and oxygen atoms in total. The third-order valence-electron chi connectivity index (χ3n) is 3.51. The lowest BCUT2D eigenvalue weighted by Crippen LogP contribution is -2.00. The standard InChI is InChI=1S/C18H13N5/c1-12-8-14(23-18(10-20)17(9-19)22-12)7-6-13-11-21-16-5-3-2-4-15(13)16/h2-7,11,21H,8H2,1H3. The van der Waals surface area contributed by atoms with Gasteiger partial charge in [0.05, 0.1) is 0 Å². The molecule has 110 valence electrons. The van der Waals surface area contributed by atoms with Crippen molar-refractivity contribution < 1.29 is 0 Å². The molecule has 5 heteroatoms. The Hall–Kier alpha value is -3.44. The summed E-state index contributed by atoms with van der Waals surface area (Å²) in [5.41, 5.74) is 3.71. The Bertz CT molecular complexity index is 971. The van der Waals surface area contributed by atoms with Gasteiger partial charge in [-0.3, -0.25) is 0 Å². The van der Waals surface area contributed by atoms with Gasteiger partial charge in [-0.05, 0) is 24.6 Å². The van der Waals surface area contributed by atoms with Gasteiger partial charge < -0.3 is 4.98 Å². The molecular formula is C18H13N5. The van der Waals surface area contributed by atoms with Gasteiger partial charge in [-0.1, -0.05) is 24.3 Å². The second-order valence-electron chi connectivity index (χ2n) is 5.17. The van der Waals surface area contributed by atoms with Gasteiger partial charge >= 0.3 is 0 Å². The molecule has 1 N–H and O–H groups in total. The Morgan fingerprint density at radius 2 is 1.83 bits per heavy atom. The van der Waals surface area contributed by atoms with Crippen molar-refractivity contribution in [3.8, 4) is 12.1 Å². The number of aromatic amines is 1. The van der Waals surface area contributed by atoms with E-state index >= 15 is 0 Å². The molecule has 2 heterocycles. The minimum atomic E-state index is 0.0583. The number of H-pyrrole nitrogens is 1. The van der Waals surface area contributed by atoms with Crippen molar-refractivity contribution in [1.82, 2.24) is 4.98 Å². The van der Waals surface area contributed by atoms with Gasteiger partial charge in [-0.2, -0.15) is 10.5 Å². The van der Waals surface area contributed by atoms with Crippen LogP contribution < -0.4 is 0 Å². The van der Waals surface area contributed by atoms with E-state index in [1.54, 1.807) is 0 Å². The number of nitrogens with one attached hydrogen (secondary N) is 1. The van der Waals surface area contributed by atoms with Crippen LogP contribution in [0.15, 0.2) is 57.9 Å². The Labute approximate surface area is 133 Å². The fourth-order valence-electron chi connectivity index (χ4n) is 2.45. The topological polar surface area (TPSA) is 88.1 Å². The number of hydrogen-bond acceptors (Lipinski definition) is 4. The molecule has 0 amide bonds. The first-order chi connectivity index (χ1) is 11.2. The third-order valence-corrected chi connectivity index (χ3v) is 3.51. The second-order valence-corrected chi connectivity index (χ2v) is 5.17. The van der Waals surface area contributed by atoms with Crippen LogP contribution in [0.1, 0.15) is 18.9 Å². The predicted molar refractivity (Wildman–Crippen MR) is 90.7 cm³/mol. The summed E-state index contributed by atoms with van der Waals surface area (Å²) in [7, 11) is 0. The van der Waals surface area contributed by atoms with E-state index in [1.165, 1.54) is 0 Å². The van der Waals surface area contributed by atoms with Crippen LogP contribution in [0.2, 0.25) is 0 Å². The molecule has 1 aromatic carbocycles. The van der Waals surface area contributed by atoms with Gasteiger partial charge in [0, 0.05) is 34.9 Å². The number of aliphatic imine (C=N–C) groups is 2. The monoisotopic (exact) mass is 299 g/mol. The molecule has 1 aromatic heterocycles. The fourth-order valence-corrected chi connectivity index (χ4v) is 2.45. The molecule has 0 spiro atoms. The van der Waals surface area contributed by atoms with Crippen molar-refractivity contribution in [2.24, 2.45) is 9.98 Å². The average Bonchev–Trinajstić information content (AvgIpc) is 2.90. The van der Waals surface area contributed by atoms with Crippen molar-refractivity contribution in [2.75, 3.05) is 0 Å². The normalized spacial score (nSPS) is 15.1. The fraction of sp³-hybridized carbons (Fsp3) is 0.111. The molecule has 2 aromatic rings. The Morgan fingerprint density at radius 3 is 2.61 bits per heavy atom. The van der Waals surface area contributed by atoms with Crippen molar-refractivity contribution in [3.63, 3.8) is 0 Å². The van der Waals surface area contributed by atoms with Crippen LogP contribution in [-0.4, -0.2) is 16.4 Å². The smallest absolute Gasteiger partial charge is 0.177 e. The summed E-state index contributed by atoms with van der Waals surface area (Å²) >= 11 is 0. The molecule has 0 aliphatic carbocycles. The summed E-state index contributed by atoms with van der Waals surface area (Å²) in [4.78, 5) is 11.6. The Balaban J connectivity index is 1.98. The maximum Gasteiger partial charge on any atom is 0.177 e. The van der Waals surface area contributed by atoms with Crippen molar-refractivity contribution in [2.45, 2.75) is 13.3 Å². The third kappa shape index (κ3) is 2.95. The molecule has 0 atom stereocenters. The van der Waals surface area contributed by atoms with Crippen LogP contribution in [0.4, 0.5) is 0 Å². The minimum absolute atomic E-state index is 0.0583.